The number of piperidine rings is 1. The molecule has 5 heterocycles. The lowest BCUT2D eigenvalue weighted by atomic mass is 10.00. The van der Waals surface area contributed by atoms with Crippen LogP contribution in [-0.4, -0.2) is 78.8 Å². The fraction of sp³-hybridized carbons (Fsp3) is 0.409. The number of alkyl halides is 3. The molecule has 3 aliphatic heterocycles. The van der Waals surface area contributed by atoms with Gasteiger partial charge in [0.15, 0.2) is 0 Å². The molecule has 290 valence electrons. The maximum Gasteiger partial charge on any atom is 0.403 e. The Morgan fingerprint density at radius 1 is 0.643 bits per heavy atom. The highest BCUT2D eigenvalue weighted by atomic mass is 19.4. The summed E-state index contributed by atoms with van der Waals surface area (Å²) in [4.78, 5) is 49.3. The van der Waals surface area contributed by atoms with E-state index in [2.05, 4.69) is 56.3 Å². The van der Waals surface area contributed by atoms with Crippen LogP contribution in [0.1, 0.15) is 93.1 Å². The number of benzene rings is 3. The van der Waals surface area contributed by atoms with E-state index >= 15 is 0 Å². The quantitative estimate of drug-likeness (QED) is 0.156. The van der Waals surface area contributed by atoms with Crippen molar-refractivity contribution in [2.75, 3.05) is 26.2 Å². The molecule has 1 saturated carbocycles. The van der Waals surface area contributed by atoms with Gasteiger partial charge in [-0.1, -0.05) is 85.3 Å². The number of hydrogen-bond donors (Lipinski definition) is 2. The lowest BCUT2D eigenvalue weighted by Crippen LogP contribution is -2.44. The van der Waals surface area contributed by atoms with E-state index < -0.39 is 23.5 Å². The van der Waals surface area contributed by atoms with Crippen LogP contribution in [-0.2, 0) is 9.59 Å². The van der Waals surface area contributed by atoms with Crippen LogP contribution in [0.2, 0.25) is 0 Å². The molecule has 12 heteroatoms. The first kappa shape index (κ1) is 36.4. The second-order valence-electron chi connectivity index (χ2n) is 15.9. The smallest absolute Gasteiger partial charge is 0.340 e. The molecule has 0 radical (unpaired) electrons. The van der Waals surface area contributed by atoms with Crippen molar-refractivity contribution in [3.05, 3.63) is 108 Å². The molecule has 3 atom stereocenters. The average Bonchev–Trinajstić information content (AvgIpc) is 3.72. The number of aromatic nitrogens is 4. The van der Waals surface area contributed by atoms with Gasteiger partial charge in [-0.05, 0) is 92.3 Å². The Kier molecular flexibility index (Phi) is 9.55. The van der Waals surface area contributed by atoms with Gasteiger partial charge in [-0.2, -0.15) is 13.2 Å². The molecule has 2 aromatic heterocycles. The summed E-state index contributed by atoms with van der Waals surface area (Å²) in [6, 6.07) is 25.7. The van der Waals surface area contributed by atoms with E-state index in [9.17, 15) is 22.8 Å². The van der Waals surface area contributed by atoms with Gasteiger partial charge in [0.2, 0.25) is 11.8 Å². The van der Waals surface area contributed by atoms with Crippen molar-refractivity contribution in [1.29, 1.82) is 0 Å². The number of nitrogens with one attached hydrogen (secondary N) is 2. The first-order chi connectivity index (χ1) is 27.2. The van der Waals surface area contributed by atoms with Crippen LogP contribution in [0.4, 0.5) is 13.2 Å². The number of rotatable bonds is 9. The van der Waals surface area contributed by atoms with Gasteiger partial charge in [0, 0.05) is 13.1 Å². The zero-order chi connectivity index (χ0) is 38.4. The van der Waals surface area contributed by atoms with Gasteiger partial charge >= 0.3 is 6.18 Å². The van der Waals surface area contributed by atoms with Crippen LogP contribution in [0, 0.1) is 5.41 Å². The van der Waals surface area contributed by atoms with Crippen molar-refractivity contribution in [3.63, 3.8) is 0 Å². The molecule has 4 aliphatic rings. The van der Waals surface area contributed by atoms with Gasteiger partial charge < -0.3 is 19.8 Å². The Hall–Kier alpha value is -5.23. The zero-order valence-corrected chi connectivity index (χ0v) is 31.3. The number of carbonyl (C=O) groups is 2. The molecule has 2 amide bonds. The highest BCUT2D eigenvalue weighted by molar-refractivity contribution is 5.87. The lowest BCUT2D eigenvalue weighted by molar-refractivity contribution is -0.199. The lowest BCUT2D eigenvalue weighted by Gasteiger charge is -2.37. The predicted octanol–water partition coefficient (Wildman–Crippen LogP) is 9.03. The van der Waals surface area contributed by atoms with Gasteiger partial charge in [-0.25, -0.2) is 9.97 Å². The molecule has 56 heavy (non-hydrogen) atoms. The van der Waals surface area contributed by atoms with E-state index in [0.717, 1.165) is 90.3 Å². The van der Waals surface area contributed by atoms with Crippen LogP contribution in [0.25, 0.3) is 33.6 Å². The summed E-state index contributed by atoms with van der Waals surface area (Å²) in [6.07, 6.45) is 5.21. The van der Waals surface area contributed by atoms with E-state index in [0.29, 0.717) is 25.2 Å². The summed E-state index contributed by atoms with van der Waals surface area (Å²) >= 11 is 0. The third kappa shape index (κ3) is 6.71. The minimum atomic E-state index is -4.53. The van der Waals surface area contributed by atoms with E-state index in [1.54, 1.807) is 6.20 Å². The Morgan fingerprint density at radius 2 is 1.14 bits per heavy atom. The third-order valence-electron chi connectivity index (χ3n) is 12.4. The van der Waals surface area contributed by atoms with Crippen molar-refractivity contribution >= 4 is 11.8 Å². The second kappa shape index (κ2) is 14.7. The Morgan fingerprint density at radius 3 is 1.66 bits per heavy atom. The Labute approximate surface area is 324 Å². The molecule has 0 unspecified atom stereocenters. The fourth-order valence-corrected chi connectivity index (χ4v) is 9.10. The number of amides is 2. The molecule has 3 aromatic carbocycles. The number of H-pyrrole nitrogens is 2. The number of hydrogen-bond acceptors (Lipinski definition) is 5. The summed E-state index contributed by atoms with van der Waals surface area (Å²) in [5.74, 6) is 0.677. The molecule has 1 aliphatic carbocycles. The number of imidazole rings is 2. The average molecular weight is 762 g/mol. The van der Waals surface area contributed by atoms with Crippen LogP contribution < -0.4 is 0 Å². The molecule has 5 aromatic rings. The van der Waals surface area contributed by atoms with Gasteiger partial charge in [-0.3, -0.25) is 14.5 Å². The summed E-state index contributed by atoms with van der Waals surface area (Å²) in [5, 5.41) is 0. The van der Waals surface area contributed by atoms with Crippen molar-refractivity contribution in [2.45, 2.75) is 82.1 Å². The molecule has 3 saturated heterocycles. The normalized spacial score (nSPS) is 21.7. The standard InChI is InChI=1S/C44H46F3N7O2/c45-44(46,47)43(21-22-43)42(56)54-26-8-12-37(54)40-49-28-35(51-40)32-19-15-30(16-20-32)29-13-17-31(18-14-29)34-27-48-39(50-34)36-11-7-25-53(36)41(55)38(33-9-3-1-4-10-33)52-23-5-2-6-24-52/h1,3-4,9-10,13-20,27-28,36-38H,2,5-8,11-12,21-26H2,(H,48,50)(H,49,51)/t36-,37-,38+/m0/s1. The number of halogens is 3. The van der Waals surface area contributed by atoms with Crippen LogP contribution in [0.15, 0.2) is 91.3 Å². The van der Waals surface area contributed by atoms with E-state index in [-0.39, 0.29) is 30.8 Å². The first-order valence-electron chi connectivity index (χ1n) is 20.0. The topological polar surface area (TPSA) is 101 Å². The molecule has 9 nitrogen and oxygen atoms in total. The van der Waals surface area contributed by atoms with Crippen molar-refractivity contribution < 1.29 is 22.8 Å². The van der Waals surface area contributed by atoms with Gasteiger partial charge in [0.05, 0.1) is 35.9 Å². The van der Waals surface area contributed by atoms with Crippen molar-refractivity contribution in [1.82, 2.24) is 34.6 Å². The largest absolute Gasteiger partial charge is 0.403 e. The second-order valence-corrected chi connectivity index (χ2v) is 15.9. The maximum absolute atomic E-state index is 14.3. The van der Waals surface area contributed by atoms with Gasteiger partial charge in [-0.15, -0.1) is 0 Å². The van der Waals surface area contributed by atoms with E-state index in [1.807, 2.05) is 53.6 Å². The Balaban J connectivity index is 0.866. The predicted molar refractivity (Wildman–Crippen MR) is 207 cm³/mol. The number of aromatic amines is 2. The molecular weight excluding hydrogens is 716 g/mol. The van der Waals surface area contributed by atoms with Crippen LogP contribution in [0.3, 0.4) is 0 Å². The van der Waals surface area contributed by atoms with E-state index in [1.165, 1.54) is 11.3 Å². The minimum Gasteiger partial charge on any atom is -0.340 e. The number of nitrogens with zero attached hydrogens (tertiary/aromatic N) is 5. The molecule has 4 fully saturated rings. The molecule has 0 spiro atoms. The van der Waals surface area contributed by atoms with Crippen LogP contribution >= 0.6 is 0 Å². The summed E-state index contributed by atoms with van der Waals surface area (Å²) in [6.45, 7) is 2.89. The highest BCUT2D eigenvalue weighted by Gasteiger charge is 2.70. The fourth-order valence-electron chi connectivity index (χ4n) is 9.10. The highest BCUT2D eigenvalue weighted by Crippen LogP contribution is 2.59. The Bertz CT molecular complexity index is 2170. The molecular formula is C44H46F3N7O2. The summed E-state index contributed by atoms with van der Waals surface area (Å²) in [5.41, 5.74) is 4.45. The minimum absolute atomic E-state index is 0.0974. The maximum atomic E-state index is 14.3. The van der Waals surface area contributed by atoms with Crippen LogP contribution in [0.5, 0.6) is 0 Å². The summed E-state index contributed by atoms with van der Waals surface area (Å²) < 4.78 is 41.2. The molecule has 9 rings (SSSR count). The zero-order valence-electron chi connectivity index (χ0n) is 31.3. The van der Waals surface area contributed by atoms with E-state index in [4.69, 9.17) is 4.98 Å². The van der Waals surface area contributed by atoms with Gasteiger partial charge in [0.1, 0.15) is 23.1 Å². The number of likely N-dealkylation sites (tertiary alicyclic amines) is 3. The monoisotopic (exact) mass is 761 g/mol. The third-order valence-corrected chi connectivity index (χ3v) is 12.4. The first-order valence-corrected chi connectivity index (χ1v) is 20.0. The van der Waals surface area contributed by atoms with Crippen molar-refractivity contribution in [3.8, 4) is 33.6 Å². The summed E-state index contributed by atoms with van der Waals surface area (Å²) in [7, 11) is 0. The molecule has 0 bridgehead atoms. The van der Waals surface area contributed by atoms with Crippen molar-refractivity contribution in [2.24, 2.45) is 5.41 Å². The van der Waals surface area contributed by atoms with Gasteiger partial charge in [0.25, 0.3) is 0 Å². The number of carbonyl (C=O) groups excluding carboxylic acids is 2. The SMILES string of the molecule is O=C([C@@H](c1ccccc1)N1CCCCC1)N1CCC[C@H]1c1ncc(-c2ccc(-c3ccc(-c4cnc([C@@H]5CCCN5C(=O)C5(C(F)(F)F)CC5)[nH]4)cc3)cc2)[nH]1. The molecule has 2 N–H and O–H groups in total.